The van der Waals surface area contributed by atoms with Gasteiger partial charge in [-0.2, -0.15) is 0 Å². The van der Waals surface area contributed by atoms with Gasteiger partial charge in [-0.05, 0) is 36.4 Å². The van der Waals surface area contributed by atoms with Gasteiger partial charge in [0.05, 0.1) is 45.2 Å². The lowest BCUT2D eigenvalue weighted by atomic mass is 9.82. The van der Waals surface area contributed by atoms with E-state index >= 15 is 0 Å². The minimum atomic E-state index is -1.93. The Labute approximate surface area is 173 Å². The van der Waals surface area contributed by atoms with Crippen LogP contribution in [0.2, 0.25) is 18.1 Å². The zero-order chi connectivity index (χ0) is 21.4. The molecule has 7 heteroatoms. The highest BCUT2D eigenvalue weighted by Gasteiger charge is 2.47. The van der Waals surface area contributed by atoms with Gasteiger partial charge in [0.2, 0.25) is 0 Å². The maximum Gasteiger partial charge on any atom is 0.192 e. The summed E-state index contributed by atoms with van der Waals surface area (Å²) in [6, 6.07) is 0. The number of rotatable bonds is 12. The van der Waals surface area contributed by atoms with E-state index in [1.807, 2.05) is 0 Å². The molecule has 0 bridgehead atoms. The Bertz CT molecular complexity index is 430. The Morgan fingerprint density at radius 2 is 1.50 bits per heavy atom. The predicted octanol–water partition coefficient (Wildman–Crippen LogP) is 3.79. The largest absolute Gasteiger partial charge is 0.408 e. The molecule has 5 unspecified atom stereocenters. The topological polar surface area (TPSA) is 72.2 Å². The zero-order valence-electron chi connectivity index (χ0n) is 19.5. The van der Waals surface area contributed by atoms with Crippen molar-refractivity contribution in [1.29, 1.82) is 0 Å². The number of nitrogens with two attached hydrogens (primary N) is 1. The Morgan fingerprint density at radius 3 is 2.04 bits per heavy atom. The van der Waals surface area contributed by atoms with Gasteiger partial charge in [-0.3, -0.25) is 0 Å². The van der Waals surface area contributed by atoms with Crippen LogP contribution in [-0.4, -0.2) is 66.4 Å². The average Bonchev–Trinajstić information content (AvgIpc) is 2.61. The lowest BCUT2D eigenvalue weighted by Gasteiger charge is -2.49. The normalized spacial score (nSPS) is 29.2. The van der Waals surface area contributed by atoms with Crippen LogP contribution in [0, 0.1) is 11.8 Å². The molecule has 0 aromatic carbocycles. The molecule has 168 valence electrons. The summed E-state index contributed by atoms with van der Waals surface area (Å²) >= 11 is 0. The second kappa shape index (κ2) is 12.0. The first kappa shape index (κ1) is 26.0. The van der Waals surface area contributed by atoms with Gasteiger partial charge in [-0.25, -0.2) is 0 Å². The van der Waals surface area contributed by atoms with Crippen molar-refractivity contribution in [1.82, 2.24) is 0 Å². The predicted molar refractivity (Wildman–Crippen MR) is 116 cm³/mol. The molecule has 0 amide bonds. The van der Waals surface area contributed by atoms with Gasteiger partial charge in [0.1, 0.15) is 0 Å². The van der Waals surface area contributed by atoms with Crippen LogP contribution in [0.5, 0.6) is 0 Å². The van der Waals surface area contributed by atoms with Crippen molar-refractivity contribution in [2.24, 2.45) is 17.6 Å². The second-order valence-electron chi connectivity index (χ2n) is 9.40. The molecule has 28 heavy (non-hydrogen) atoms. The highest BCUT2D eigenvalue weighted by molar-refractivity contribution is 6.74. The number of hydrogen-bond donors (Lipinski definition) is 1. The van der Waals surface area contributed by atoms with Crippen LogP contribution < -0.4 is 5.73 Å². The van der Waals surface area contributed by atoms with E-state index in [0.717, 1.165) is 6.42 Å². The molecule has 0 aliphatic carbocycles. The molecule has 0 spiro atoms. The smallest absolute Gasteiger partial charge is 0.192 e. The Hall–Kier alpha value is -0.0231. The zero-order valence-corrected chi connectivity index (χ0v) is 20.5. The SMILES string of the molecule is CCC1OC(OCCOCCOCCN)C(O[Si](C)(C)C(C)(C)C)C(C)C1C. The molecule has 2 N–H and O–H groups in total. The van der Waals surface area contributed by atoms with Crippen LogP contribution in [0.15, 0.2) is 0 Å². The van der Waals surface area contributed by atoms with Crippen LogP contribution in [0.4, 0.5) is 0 Å². The van der Waals surface area contributed by atoms with E-state index in [1.54, 1.807) is 0 Å². The summed E-state index contributed by atoms with van der Waals surface area (Å²) in [5, 5.41) is 0.148. The molecule has 1 aliphatic rings. The van der Waals surface area contributed by atoms with Gasteiger partial charge >= 0.3 is 0 Å². The van der Waals surface area contributed by atoms with Crippen molar-refractivity contribution >= 4 is 8.32 Å². The van der Waals surface area contributed by atoms with Gasteiger partial charge in [0.15, 0.2) is 14.6 Å². The van der Waals surface area contributed by atoms with E-state index in [1.165, 1.54) is 0 Å². The number of hydrogen-bond acceptors (Lipinski definition) is 6. The van der Waals surface area contributed by atoms with E-state index in [2.05, 4.69) is 54.6 Å². The van der Waals surface area contributed by atoms with Crippen molar-refractivity contribution in [2.45, 2.75) is 84.6 Å². The standard InChI is InChI=1S/C21H45NO5Si/c1-9-18-16(2)17(3)19(27-28(7,8)21(4,5)6)20(26-18)25-15-14-24-13-12-23-11-10-22/h16-20H,9-15,22H2,1-8H3. The Morgan fingerprint density at radius 1 is 0.929 bits per heavy atom. The minimum absolute atomic E-state index is 0.0495. The van der Waals surface area contributed by atoms with Gasteiger partial charge in [-0.15, -0.1) is 0 Å². The molecule has 0 aromatic rings. The van der Waals surface area contributed by atoms with Gasteiger partial charge < -0.3 is 29.1 Å². The summed E-state index contributed by atoms with van der Waals surface area (Å²) < 4.78 is 30.1. The maximum atomic E-state index is 6.77. The molecular weight excluding hydrogens is 374 g/mol. The molecule has 1 heterocycles. The summed E-state index contributed by atoms with van der Waals surface area (Å²) in [6.07, 6.45) is 0.784. The monoisotopic (exact) mass is 419 g/mol. The molecule has 6 nitrogen and oxygen atoms in total. The van der Waals surface area contributed by atoms with Crippen molar-refractivity contribution < 1.29 is 23.4 Å². The quantitative estimate of drug-likeness (QED) is 0.383. The van der Waals surface area contributed by atoms with E-state index in [-0.39, 0.29) is 23.5 Å². The van der Waals surface area contributed by atoms with Crippen molar-refractivity contribution in [3.8, 4) is 0 Å². The van der Waals surface area contributed by atoms with Crippen molar-refractivity contribution in [3.05, 3.63) is 0 Å². The fourth-order valence-corrected chi connectivity index (χ4v) is 4.53. The Kier molecular flexibility index (Phi) is 11.1. The number of ether oxygens (including phenoxy) is 4. The Balaban J connectivity index is 2.64. The molecule has 1 rings (SSSR count). The van der Waals surface area contributed by atoms with E-state index in [9.17, 15) is 0 Å². The average molecular weight is 420 g/mol. The summed E-state index contributed by atoms with van der Waals surface area (Å²) in [7, 11) is -1.93. The van der Waals surface area contributed by atoms with Gasteiger partial charge in [0, 0.05) is 6.54 Å². The lowest BCUT2D eigenvalue weighted by molar-refractivity contribution is -0.268. The summed E-state index contributed by atoms with van der Waals surface area (Å²) in [5.41, 5.74) is 5.39. The lowest BCUT2D eigenvalue weighted by Crippen LogP contribution is -2.56. The molecule has 0 saturated carbocycles. The van der Waals surface area contributed by atoms with Crippen molar-refractivity contribution in [2.75, 3.05) is 39.6 Å². The third-order valence-corrected chi connectivity index (χ3v) is 10.8. The first-order chi connectivity index (χ1) is 13.0. The first-order valence-electron chi connectivity index (χ1n) is 10.9. The van der Waals surface area contributed by atoms with Crippen LogP contribution in [0.1, 0.15) is 48.0 Å². The van der Waals surface area contributed by atoms with Crippen LogP contribution >= 0.6 is 0 Å². The third-order valence-electron chi connectivity index (χ3n) is 6.29. The molecule has 1 fully saturated rings. The van der Waals surface area contributed by atoms with E-state index in [0.29, 0.717) is 51.4 Å². The maximum absolute atomic E-state index is 6.77. The van der Waals surface area contributed by atoms with Crippen LogP contribution in [0.3, 0.4) is 0 Å². The second-order valence-corrected chi connectivity index (χ2v) is 14.2. The molecular formula is C21H45NO5Si. The fraction of sp³-hybridized carbons (Fsp3) is 1.00. The van der Waals surface area contributed by atoms with Crippen LogP contribution in [-0.2, 0) is 23.4 Å². The van der Waals surface area contributed by atoms with Crippen molar-refractivity contribution in [3.63, 3.8) is 0 Å². The van der Waals surface area contributed by atoms with E-state index in [4.69, 9.17) is 29.1 Å². The molecule has 5 atom stereocenters. The minimum Gasteiger partial charge on any atom is -0.408 e. The fourth-order valence-electron chi connectivity index (χ4n) is 3.17. The van der Waals surface area contributed by atoms with Gasteiger partial charge in [-0.1, -0.05) is 41.5 Å². The molecule has 1 saturated heterocycles. The summed E-state index contributed by atoms with van der Waals surface area (Å²) in [6.45, 7) is 21.3. The summed E-state index contributed by atoms with van der Waals surface area (Å²) in [5.74, 6) is 0.818. The summed E-state index contributed by atoms with van der Waals surface area (Å²) in [4.78, 5) is 0. The van der Waals surface area contributed by atoms with Gasteiger partial charge in [0.25, 0.3) is 0 Å². The van der Waals surface area contributed by atoms with E-state index < -0.39 is 8.32 Å². The molecule has 1 aliphatic heterocycles. The highest BCUT2D eigenvalue weighted by Crippen LogP contribution is 2.42. The molecule has 0 radical (unpaired) electrons. The third kappa shape index (κ3) is 7.67. The first-order valence-corrected chi connectivity index (χ1v) is 13.8. The molecule has 0 aromatic heterocycles. The highest BCUT2D eigenvalue weighted by atomic mass is 28.4. The van der Waals surface area contributed by atoms with Crippen LogP contribution in [0.25, 0.3) is 0 Å².